The van der Waals surface area contributed by atoms with Crippen molar-refractivity contribution in [1.82, 2.24) is 9.73 Å². The number of hydrogen-bond donors (Lipinski definition) is 1. The lowest BCUT2D eigenvalue weighted by Gasteiger charge is -2.15. The number of nitrogens with one attached hydrogen (secondary N) is 1. The van der Waals surface area contributed by atoms with E-state index in [0.29, 0.717) is 16.6 Å². The Bertz CT molecular complexity index is 965. The van der Waals surface area contributed by atoms with Gasteiger partial charge in [0.05, 0.1) is 16.3 Å². The molecule has 26 heavy (non-hydrogen) atoms. The molecule has 0 unspecified atom stereocenters. The fourth-order valence-corrected chi connectivity index (χ4v) is 4.04. The van der Waals surface area contributed by atoms with Gasteiger partial charge in [0.15, 0.2) is 5.17 Å². The molecule has 0 atom stereocenters. The second-order valence-electron chi connectivity index (χ2n) is 6.03. The number of hydrazone groups is 1. The minimum absolute atomic E-state index is 0.217. The van der Waals surface area contributed by atoms with Crippen LogP contribution in [0.4, 0.5) is 5.69 Å². The highest BCUT2D eigenvalue weighted by Crippen LogP contribution is 2.22. The summed E-state index contributed by atoms with van der Waals surface area (Å²) in [6.07, 6.45) is 0. The summed E-state index contributed by atoms with van der Waals surface area (Å²) >= 11 is 1.53. The summed E-state index contributed by atoms with van der Waals surface area (Å²) in [6.45, 7) is 2.05. The van der Waals surface area contributed by atoms with E-state index in [1.54, 1.807) is 24.3 Å². The predicted molar refractivity (Wildman–Crippen MR) is 108 cm³/mol. The molecule has 2 aromatic carbocycles. The Hall–Kier alpha value is -2.16. The Morgan fingerprint density at radius 1 is 1.15 bits per heavy atom. The first-order chi connectivity index (χ1) is 12.4. The van der Waals surface area contributed by atoms with E-state index in [9.17, 15) is 8.42 Å². The van der Waals surface area contributed by atoms with Crippen molar-refractivity contribution in [2.45, 2.75) is 11.8 Å². The maximum absolute atomic E-state index is 12.2. The van der Waals surface area contributed by atoms with E-state index in [1.165, 1.54) is 35.7 Å². The van der Waals surface area contributed by atoms with Gasteiger partial charge < -0.3 is 0 Å². The Labute approximate surface area is 158 Å². The molecule has 1 aliphatic heterocycles. The third kappa shape index (κ3) is 4.14. The molecular formula is C18H20N4O2S2. The molecule has 1 aliphatic rings. The summed E-state index contributed by atoms with van der Waals surface area (Å²) in [6, 6.07) is 14.8. The van der Waals surface area contributed by atoms with E-state index >= 15 is 0 Å². The lowest BCUT2D eigenvalue weighted by molar-refractivity contribution is 0.521. The lowest BCUT2D eigenvalue weighted by atomic mass is 10.1. The maximum Gasteiger partial charge on any atom is 0.242 e. The molecule has 0 saturated carbocycles. The van der Waals surface area contributed by atoms with Crippen LogP contribution in [0.3, 0.4) is 0 Å². The van der Waals surface area contributed by atoms with Gasteiger partial charge >= 0.3 is 0 Å². The molecule has 0 bridgehead atoms. The summed E-state index contributed by atoms with van der Waals surface area (Å²) in [5.41, 5.74) is 6.76. The van der Waals surface area contributed by atoms with Crippen molar-refractivity contribution in [1.29, 1.82) is 0 Å². The van der Waals surface area contributed by atoms with Gasteiger partial charge in [-0.2, -0.15) is 5.10 Å². The van der Waals surface area contributed by atoms with Gasteiger partial charge in [-0.3, -0.25) is 5.43 Å². The summed E-state index contributed by atoms with van der Waals surface area (Å²) in [5.74, 6) is 0.699. The van der Waals surface area contributed by atoms with E-state index in [1.807, 2.05) is 12.1 Å². The fourth-order valence-electron chi connectivity index (χ4n) is 2.31. The van der Waals surface area contributed by atoms with Gasteiger partial charge in [0.2, 0.25) is 10.0 Å². The zero-order chi connectivity index (χ0) is 18.7. The van der Waals surface area contributed by atoms with Gasteiger partial charge in [-0.1, -0.05) is 47.7 Å². The van der Waals surface area contributed by atoms with Crippen molar-refractivity contribution in [3.05, 3.63) is 59.7 Å². The largest absolute Gasteiger partial charge is 0.255 e. The standard InChI is InChI=1S/C18H20N4O2S2/c1-13-7-9-14(10-8-13)17-12-25-18(21-20-17)19-15-5-4-6-16(11-15)26(23,24)22(2)3/h4-11H,12H2,1-3H3,(H,19,21). The normalized spacial score (nSPS) is 16.5. The summed E-state index contributed by atoms with van der Waals surface area (Å²) in [5, 5.41) is 5.03. The molecule has 0 fully saturated rings. The highest BCUT2D eigenvalue weighted by atomic mass is 32.2. The van der Waals surface area contributed by atoms with E-state index in [4.69, 9.17) is 0 Å². The number of nitrogens with zero attached hydrogens (tertiary/aromatic N) is 3. The zero-order valence-electron chi connectivity index (χ0n) is 14.8. The lowest BCUT2D eigenvalue weighted by Crippen LogP contribution is -2.25. The molecule has 8 heteroatoms. The number of hydrogen-bond acceptors (Lipinski definition) is 5. The van der Waals surface area contributed by atoms with Gasteiger partial charge in [-0.15, -0.1) is 0 Å². The number of thioether (sulfide) groups is 1. The van der Waals surface area contributed by atoms with Crippen molar-refractivity contribution in [3.8, 4) is 0 Å². The highest BCUT2D eigenvalue weighted by molar-refractivity contribution is 8.14. The van der Waals surface area contributed by atoms with Gasteiger partial charge in [0.25, 0.3) is 0 Å². The summed E-state index contributed by atoms with van der Waals surface area (Å²) < 4.78 is 25.7. The van der Waals surface area contributed by atoms with Crippen LogP contribution < -0.4 is 5.43 Å². The van der Waals surface area contributed by atoms with E-state index < -0.39 is 10.0 Å². The van der Waals surface area contributed by atoms with Crippen LogP contribution in [0.15, 0.2) is 63.5 Å². The fraction of sp³-hybridized carbons (Fsp3) is 0.222. The number of aliphatic imine (C=N–C) groups is 1. The third-order valence-electron chi connectivity index (χ3n) is 3.84. The van der Waals surface area contributed by atoms with Crippen LogP contribution in [-0.4, -0.2) is 43.5 Å². The molecule has 0 saturated heterocycles. The molecule has 1 heterocycles. The predicted octanol–water partition coefficient (Wildman–Crippen LogP) is 2.97. The topological polar surface area (TPSA) is 74.1 Å². The molecule has 3 rings (SSSR count). The quantitative estimate of drug-likeness (QED) is 0.874. The van der Waals surface area contributed by atoms with Crippen LogP contribution in [0.25, 0.3) is 0 Å². The molecule has 136 valence electrons. The SMILES string of the molecule is Cc1ccc(C2=NNC(=Nc3cccc(S(=O)(=O)N(C)C)c3)SC2)cc1. The average molecular weight is 389 g/mol. The first-order valence-electron chi connectivity index (χ1n) is 8.00. The minimum Gasteiger partial charge on any atom is -0.255 e. The first kappa shape index (κ1) is 18.6. The van der Waals surface area contributed by atoms with E-state index in [2.05, 4.69) is 34.6 Å². The number of sulfonamides is 1. The Balaban J connectivity index is 1.79. The number of rotatable bonds is 4. The second kappa shape index (κ2) is 7.61. The van der Waals surface area contributed by atoms with Crippen LogP contribution in [-0.2, 0) is 10.0 Å². The summed E-state index contributed by atoms with van der Waals surface area (Å²) in [7, 11) is -0.464. The maximum atomic E-state index is 12.2. The molecule has 0 aromatic heterocycles. The van der Waals surface area contributed by atoms with Crippen molar-refractivity contribution in [2.75, 3.05) is 19.8 Å². The Morgan fingerprint density at radius 3 is 2.50 bits per heavy atom. The average Bonchev–Trinajstić information content (AvgIpc) is 2.63. The van der Waals surface area contributed by atoms with Crippen LogP contribution in [0, 0.1) is 6.92 Å². The minimum atomic E-state index is -3.48. The third-order valence-corrected chi connectivity index (χ3v) is 6.53. The van der Waals surface area contributed by atoms with E-state index in [-0.39, 0.29) is 4.90 Å². The van der Waals surface area contributed by atoms with Crippen molar-refractivity contribution < 1.29 is 8.42 Å². The van der Waals surface area contributed by atoms with E-state index in [0.717, 1.165) is 11.3 Å². The summed E-state index contributed by atoms with van der Waals surface area (Å²) in [4.78, 5) is 4.69. The van der Waals surface area contributed by atoms with Crippen molar-refractivity contribution in [2.24, 2.45) is 10.1 Å². The molecule has 6 nitrogen and oxygen atoms in total. The van der Waals surface area contributed by atoms with Gasteiger partial charge in [0.1, 0.15) is 0 Å². The van der Waals surface area contributed by atoms with Crippen molar-refractivity contribution in [3.63, 3.8) is 0 Å². The van der Waals surface area contributed by atoms with Crippen LogP contribution in [0.1, 0.15) is 11.1 Å². The molecule has 2 aromatic rings. The van der Waals surface area contributed by atoms with Gasteiger partial charge in [0, 0.05) is 19.8 Å². The van der Waals surface area contributed by atoms with Crippen molar-refractivity contribution >= 4 is 38.4 Å². The highest BCUT2D eigenvalue weighted by Gasteiger charge is 2.18. The monoisotopic (exact) mass is 388 g/mol. The second-order valence-corrected chi connectivity index (χ2v) is 9.14. The molecule has 0 radical (unpaired) electrons. The smallest absolute Gasteiger partial charge is 0.242 e. The number of amidine groups is 1. The van der Waals surface area contributed by atoms with Crippen LogP contribution in [0.5, 0.6) is 0 Å². The Kier molecular flexibility index (Phi) is 5.45. The molecular weight excluding hydrogens is 368 g/mol. The van der Waals surface area contributed by atoms with Crippen LogP contribution >= 0.6 is 11.8 Å². The van der Waals surface area contributed by atoms with Crippen LogP contribution in [0.2, 0.25) is 0 Å². The Morgan fingerprint density at radius 2 is 1.88 bits per heavy atom. The molecule has 0 amide bonds. The van der Waals surface area contributed by atoms with Gasteiger partial charge in [-0.05, 0) is 30.7 Å². The molecule has 1 N–H and O–H groups in total. The van der Waals surface area contributed by atoms with Gasteiger partial charge in [-0.25, -0.2) is 17.7 Å². The molecule has 0 spiro atoms. The molecule has 0 aliphatic carbocycles. The zero-order valence-corrected chi connectivity index (χ0v) is 16.4. The number of benzene rings is 2. The first-order valence-corrected chi connectivity index (χ1v) is 10.4. The number of aryl methyl sites for hydroxylation is 1.